The van der Waals surface area contributed by atoms with Crippen molar-refractivity contribution in [2.45, 2.75) is 46.4 Å². The number of benzene rings is 1. The van der Waals surface area contributed by atoms with Crippen LogP contribution in [-0.4, -0.2) is 12.1 Å². The zero-order valence-corrected chi connectivity index (χ0v) is 15.7. The summed E-state index contributed by atoms with van der Waals surface area (Å²) in [6.45, 7) is 6.77. The molecule has 0 N–H and O–H groups in total. The first-order chi connectivity index (χ1) is 11.9. The van der Waals surface area contributed by atoms with E-state index in [-0.39, 0.29) is 18.1 Å². The van der Waals surface area contributed by atoms with Crippen LogP contribution in [0, 0.1) is 23.1 Å². The number of ether oxygens (including phenoxy) is 1. The molecular weight excluding hydrogens is 372 g/mol. The highest BCUT2D eigenvalue weighted by atomic mass is 35.5. The molecule has 1 fully saturated rings. The Bertz CT molecular complexity index is 723. The predicted octanol–water partition coefficient (Wildman–Crippen LogP) is 5.95. The highest BCUT2D eigenvalue weighted by Gasteiger charge is 2.62. The molecule has 0 saturated heterocycles. The third kappa shape index (κ3) is 4.22. The molecule has 2 rings (SSSR count). The van der Waals surface area contributed by atoms with Gasteiger partial charge in [-0.15, -0.1) is 0 Å². The van der Waals surface area contributed by atoms with Crippen molar-refractivity contribution in [3.05, 3.63) is 46.3 Å². The average molecular weight is 393 g/mol. The topological polar surface area (TPSA) is 26.3 Å². The Balaban J connectivity index is 2.07. The lowest BCUT2D eigenvalue weighted by atomic mass is 10.00. The minimum absolute atomic E-state index is 0.0213. The number of halogens is 5. The van der Waals surface area contributed by atoms with Crippen LogP contribution in [0.15, 0.2) is 29.3 Å². The molecule has 0 amide bonds. The van der Waals surface area contributed by atoms with Gasteiger partial charge in [-0.05, 0) is 22.8 Å². The van der Waals surface area contributed by atoms with E-state index in [2.05, 4.69) is 0 Å². The molecule has 1 aliphatic carbocycles. The van der Waals surface area contributed by atoms with Gasteiger partial charge in [-0.25, -0.2) is 4.39 Å². The first-order valence-corrected chi connectivity index (χ1v) is 8.63. The standard InChI is InChI=1S/C19H21ClF4O2/c1-10(2)12-7-5-6-11(16(12)21)9-26-17(25)15-13(18(15,3)4)8-14(20)19(22,23)24/h5-8,10,13,15H,9H2,1-4H3/t13-,15-/m0/s1. The van der Waals surface area contributed by atoms with Crippen molar-refractivity contribution in [3.8, 4) is 0 Å². The van der Waals surface area contributed by atoms with Crippen molar-refractivity contribution >= 4 is 17.6 Å². The van der Waals surface area contributed by atoms with Gasteiger partial charge in [-0.2, -0.15) is 13.2 Å². The van der Waals surface area contributed by atoms with E-state index in [1.165, 1.54) is 6.07 Å². The van der Waals surface area contributed by atoms with Crippen LogP contribution in [0.1, 0.15) is 44.7 Å². The lowest BCUT2D eigenvalue weighted by molar-refractivity contribution is -0.147. The maximum absolute atomic E-state index is 14.4. The van der Waals surface area contributed by atoms with Gasteiger partial charge in [0.1, 0.15) is 17.5 Å². The molecule has 1 aromatic carbocycles. The van der Waals surface area contributed by atoms with Gasteiger partial charge in [-0.3, -0.25) is 4.79 Å². The maximum atomic E-state index is 14.4. The average Bonchev–Trinajstić information content (AvgIpc) is 3.05. The van der Waals surface area contributed by atoms with Crippen LogP contribution >= 0.6 is 11.6 Å². The number of hydrogen-bond donors (Lipinski definition) is 0. The van der Waals surface area contributed by atoms with Gasteiger partial charge in [0.25, 0.3) is 0 Å². The second-order valence-corrected chi connectivity index (χ2v) is 7.83. The number of hydrogen-bond acceptors (Lipinski definition) is 2. The molecule has 0 aromatic heterocycles. The highest BCUT2D eigenvalue weighted by molar-refractivity contribution is 6.30. The molecule has 1 saturated carbocycles. The summed E-state index contributed by atoms with van der Waals surface area (Å²) < 4.78 is 57.3. The molecule has 2 nitrogen and oxygen atoms in total. The fraction of sp³-hybridized carbons (Fsp3) is 0.526. The lowest BCUT2D eigenvalue weighted by Crippen LogP contribution is -2.12. The Morgan fingerprint density at radius 3 is 2.50 bits per heavy atom. The summed E-state index contributed by atoms with van der Waals surface area (Å²) in [5, 5.41) is -1.25. The number of alkyl halides is 3. The molecule has 7 heteroatoms. The molecule has 0 bridgehead atoms. The summed E-state index contributed by atoms with van der Waals surface area (Å²) in [5.41, 5.74) is 0.0624. The Morgan fingerprint density at radius 1 is 1.35 bits per heavy atom. The first-order valence-electron chi connectivity index (χ1n) is 8.25. The lowest BCUT2D eigenvalue weighted by Gasteiger charge is -2.11. The molecule has 0 aliphatic heterocycles. The predicted molar refractivity (Wildman–Crippen MR) is 91.0 cm³/mol. The van der Waals surface area contributed by atoms with E-state index in [0.29, 0.717) is 5.56 Å². The van der Waals surface area contributed by atoms with Gasteiger partial charge in [0, 0.05) is 5.56 Å². The molecule has 0 heterocycles. The fourth-order valence-electron chi connectivity index (χ4n) is 3.09. The van der Waals surface area contributed by atoms with Gasteiger partial charge in [0.15, 0.2) is 0 Å². The van der Waals surface area contributed by atoms with Crippen molar-refractivity contribution in [1.82, 2.24) is 0 Å². The molecule has 0 radical (unpaired) electrons. The fourth-order valence-corrected chi connectivity index (χ4v) is 3.22. The molecule has 144 valence electrons. The summed E-state index contributed by atoms with van der Waals surface area (Å²) >= 11 is 5.26. The minimum Gasteiger partial charge on any atom is -0.460 e. The third-order valence-electron chi connectivity index (χ3n) is 4.86. The molecule has 0 spiro atoms. The normalized spacial score (nSPS) is 22.5. The van der Waals surface area contributed by atoms with Gasteiger partial charge in [0.05, 0.1) is 5.92 Å². The maximum Gasteiger partial charge on any atom is 0.426 e. The smallest absolute Gasteiger partial charge is 0.426 e. The number of esters is 1. The first kappa shape index (κ1) is 20.7. The molecule has 1 aliphatic rings. The summed E-state index contributed by atoms with van der Waals surface area (Å²) in [5.74, 6) is -2.52. The monoisotopic (exact) mass is 392 g/mol. The van der Waals surface area contributed by atoms with Crippen LogP contribution in [0.3, 0.4) is 0 Å². The second kappa shape index (κ2) is 7.22. The van der Waals surface area contributed by atoms with E-state index in [1.807, 2.05) is 13.8 Å². The van der Waals surface area contributed by atoms with E-state index in [9.17, 15) is 22.4 Å². The Hall–Kier alpha value is -1.56. The van der Waals surface area contributed by atoms with E-state index < -0.39 is 40.2 Å². The van der Waals surface area contributed by atoms with Crippen molar-refractivity contribution in [2.75, 3.05) is 0 Å². The largest absolute Gasteiger partial charge is 0.460 e. The molecule has 0 unspecified atom stereocenters. The minimum atomic E-state index is -4.64. The van der Waals surface area contributed by atoms with Crippen LogP contribution in [0.5, 0.6) is 0 Å². The van der Waals surface area contributed by atoms with E-state index in [0.717, 1.165) is 6.08 Å². The third-order valence-corrected chi connectivity index (χ3v) is 5.20. The summed E-state index contributed by atoms with van der Waals surface area (Å²) in [6, 6.07) is 4.86. The summed E-state index contributed by atoms with van der Waals surface area (Å²) in [6.07, 6.45) is -3.79. The molecule has 1 aromatic rings. The Labute approximate surface area is 155 Å². The Kier molecular flexibility index (Phi) is 5.76. The van der Waals surface area contributed by atoms with Crippen LogP contribution < -0.4 is 0 Å². The zero-order valence-electron chi connectivity index (χ0n) is 15.0. The van der Waals surface area contributed by atoms with E-state index >= 15 is 0 Å². The van der Waals surface area contributed by atoms with Crippen molar-refractivity contribution in [1.29, 1.82) is 0 Å². The van der Waals surface area contributed by atoms with E-state index in [4.69, 9.17) is 16.3 Å². The number of carbonyl (C=O) groups is 1. The van der Waals surface area contributed by atoms with Gasteiger partial charge in [-0.1, -0.05) is 63.6 Å². The SMILES string of the molecule is CC(C)c1cccc(COC(=O)[C@@H]2[C@H](C=C(Cl)C(F)(F)F)C2(C)C)c1F. The van der Waals surface area contributed by atoms with Gasteiger partial charge in [0.2, 0.25) is 0 Å². The molecule has 2 atom stereocenters. The quantitative estimate of drug-likeness (QED) is 0.457. The van der Waals surface area contributed by atoms with Crippen LogP contribution in [0.4, 0.5) is 17.6 Å². The van der Waals surface area contributed by atoms with Crippen LogP contribution in [-0.2, 0) is 16.1 Å². The number of carbonyl (C=O) groups excluding carboxylic acids is 1. The number of rotatable bonds is 5. The van der Waals surface area contributed by atoms with Crippen LogP contribution in [0.2, 0.25) is 0 Å². The van der Waals surface area contributed by atoms with Crippen molar-refractivity contribution < 1.29 is 27.1 Å². The van der Waals surface area contributed by atoms with Gasteiger partial charge < -0.3 is 4.74 Å². The molecule has 26 heavy (non-hydrogen) atoms. The second-order valence-electron chi connectivity index (χ2n) is 7.42. The zero-order chi connectivity index (χ0) is 19.9. The summed E-state index contributed by atoms with van der Waals surface area (Å²) in [4.78, 5) is 12.3. The van der Waals surface area contributed by atoms with Crippen molar-refractivity contribution in [2.24, 2.45) is 17.3 Å². The highest BCUT2D eigenvalue weighted by Crippen LogP contribution is 2.60. The Morgan fingerprint density at radius 2 is 1.96 bits per heavy atom. The summed E-state index contributed by atoms with van der Waals surface area (Å²) in [7, 11) is 0. The molecular formula is C19H21ClF4O2. The van der Waals surface area contributed by atoms with Crippen LogP contribution in [0.25, 0.3) is 0 Å². The van der Waals surface area contributed by atoms with E-state index in [1.54, 1.807) is 26.0 Å². The van der Waals surface area contributed by atoms with Gasteiger partial charge >= 0.3 is 12.1 Å². The number of allylic oxidation sites excluding steroid dienone is 2. The van der Waals surface area contributed by atoms with Crippen molar-refractivity contribution in [3.63, 3.8) is 0 Å².